The number of ether oxygens (including phenoxy) is 2. The van der Waals surface area contributed by atoms with Gasteiger partial charge in [0.1, 0.15) is 18.1 Å². The molecule has 1 N–H and O–H groups in total. The van der Waals surface area contributed by atoms with E-state index in [1.54, 1.807) is 52.8 Å². The van der Waals surface area contributed by atoms with E-state index in [0.29, 0.717) is 37.6 Å². The number of hydrogen-bond donors (Lipinski definition) is 1. The number of piperidine rings is 1. The summed E-state index contributed by atoms with van der Waals surface area (Å²) in [7, 11) is -3.44. The van der Waals surface area contributed by atoms with Crippen LogP contribution in [0.5, 0.6) is 11.5 Å². The van der Waals surface area contributed by atoms with Crippen molar-refractivity contribution in [1.29, 1.82) is 0 Å². The maximum Gasteiger partial charge on any atom is 0.251 e. The lowest BCUT2D eigenvalue weighted by Gasteiger charge is -2.25. The number of benzene rings is 2. The molecule has 7 nitrogen and oxygen atoms in total. The molecule has 1 aliphatic heterocycles. The van der Waals surface area contributed by atoms with Gasteiger partial charge in [-0.05, 0) is 67.8 Å². The molecule has 0 aromatic heterocycles. The average Bonchev–Trinajstić information content (AvgIpc) is 2.81. The number of nitrogens with zero attached hydrogens (tertiary/aromatic N) is 1. The molecule has 0 bridgehead atoms. The highest BCUT2D eigenvalue weighted by molar-refractivity contribution is 7.89. The molecule has 8 heteroatoms. The summed E-state index contributed by atoms with van der Waals surface area (Å²) in [6.45, 7) is 4.45. The third-order valence-corrected chi connectivity index (χ3v) is 6.94. The molecular formula is C23H30N2O5S. The first-order valence-corrected chi connectivity index (χ1v) is 12.2. The van der Waals surface area contributed by atoms with Gasteiger partial charge >= 0.3 is 0 Å². The third-order valence-electron chi connectivity index (χ3n) is 5.02. The van der Waals surface area contributed by atoms with Gasteiger partial charge in [0.2, 0.25) is 10.0 Å². The number of carbonyl (C=O) groups is 1. The minimum Gasteiger partial charge on any atom is -0.494 e. The van der Waals surface area contributed by atoms with Crippen molar-refractivity contribution in [3.05, 3.63) is 54.1 Å². The zero-order chi connectivity index (χ0) is 22.1. The molecule has 1 amide bonds. The van der Waals surface area contributed by atoms with Crippen molar-refractivity contribution >= 4 is 15.9 Å². The van der Waals surface area contributed by atoms with Crippen molar-refractivity contribution < 1.29 is 22.7 Å². The molecular weight excluding hydrogens is 416 g/mol. The van der Waals surface area contributed by atoms with Crippen molar-refractivity contribution in [3.8, 4) is 11.5 Å². The first-order valence-electron chi connectivity index (χ1n) is 10.7. The molecule has 0 unspecified atom stereocenters. The summed E-state index contributed by atoms with van der Waals surface area (Å²) in [4.78, 5) is 12.5. The maximum atomic E-state index is 12.7. The van der Waals surface area contributed by atoms with Gasteiger partial charge in [-0.3, -0.25) is 4.79 Å². The molecule has 1 aliphatic rings. The first-order chi connectivity index (χ1) is 15.0. The fraction of sp³-hybridized carbons (Fsp3) is 0.435. The van der Waals surface area contributed by atoms with Crippen molar-refractivity contribution in [2.45, 2.75) is 37.5 Å². The van der Waals surface area contributed by atoms with Crippen LogP contribution in [-0.2, 0) is 10.0 Å². The Morgan fingerprint density at radius 3 is 2.10 bits per heavy atom. The van der Waals surface area contributed by atoms with E-state index >= 15 is 0 Å². The van der Waals surface area contributed by atoms with Crippen LogP contribution in [0.25, 0.3) is 0 Å². The van der Waals surface area contributed by atoms with Crippen molar-refractivity contribution in [2.24, 2.45) is 0 Å². The molecule has 3 rings (SSSR count). The van der Waals surface area contributed by atoms with Crippen LogP contribution in [0.2, 0.25) is 0 Å². The number of carbonyl (C=O) groups excluding carboxylic acids is 1. The van der Waals surface area contributed by atoms with E-state index in [2.05, 4.69) is 5.32 Å². The molecule has 1 fully saturated rings. The van der Waals surface area contributed by atoms with Crippen molar-refractivity contribution in [1.82, 2.24) is 9.62 Å². The molecule has 0 spiro atoms. The fourth-order valence-electron chi connectivity index (χ4n) is 3.32. The molecule has 0 aliphatic carbocycles. The molecule has 1 heterocycles. The largest absolute Gasteiger partial charge is 0.494 e. The van der Waals surface area contributed by atoms with Crippen LogP contribution in [0, 0.1) is 0 Å². The van der Waals surface area contributed by atoms with Gasteiger partial charge in [-0.25, -0.2) is 8.42 Å². The summed E-state index contributed by atoms with van der Waals surface area (Å²) in [5, 5.41) is 2.80. The second-order valence-electron chi connectivity index (χ2n) is 7.41. The fourth-order valence-corrected chi connectivity index (χ4v) is 4.84. The Morgan fingerprint density at radius 1 is 0.903 bits per heavy atom. The Bertz CT molecular complexity index is 937. The number of amides is 1. The van der Waals surface area contributed by atoms with Crippen LogP contribution in [0.3, 0.4) is 0 Å². The SMILES string of the molecule is CCCOc1ccc(C(=O)NCCOc2ccc(S(=O)(=O)N3CCCCC3)cc2)cc1. The predicted molar refractivity (Wildman–Crippen MR) is 119 cm³/mol. The molecule has 2 aromatic rings. The lowest BCUT2D eigenvalue weighted by atomic mass is 10.2. The number of hydrogen-bond acceptors (Lipinski definition) is 5. The lowest BCUT2D eigenvalue weighted by molar-refractivity contribution is 0.0947. The Morgan fingerprint density at radius 2 is 1.48 bits per heavy atom. The summed E-state index contributed by atoms with van der Waals surface area (Å²) in [6, 6.07) is 13.4. The van der Waals surface area contributed by atoms with Gasteiger partial charge < -0.3 is 14.8 Å². The minimum absolute atomic E-state index is 0.186. The predicted octanol–water partition coefficient (Wildman–Crippen LogP) is 3.46. The second kappa shape index (κ2) is 11.2. The van der Waals surface area contributed by atoms with Gasteiger partial charge in [0, 0.05) is 18.7 Å². The summed E-state index contributed by atoms with van der Waals surface area (Å²) in [6.07, 6.45) is 3.82. The molecule has 0 radical (unpaired) electrons. The molecule has 168 valence electrons. The molecule has 0 atom stereocenters. The second-order valence-corrected chi connectivity index (χ2v) is 9.35. The van der Waals surface area contributed by atoms with Crippen LogP contribution < -0.4 is 14.8 Å². The van der Waals surface area contributed by atoms with Crippen LogP contribution in [-0.4, -0.2) is 51.5 Å². The quantitative estimate of drug-likeness (QED) is 0.565. The number of sulfonamides is 1. The van der Waals surface area contributed by atoms with E-state index in [4.69, 9.17) is 9.47 Å². The van der Waals surface area contributed by atoms with Crippen LogP contribution in [0.1, 0.15) is 43.0 Å². The highest BCUT2D eigenvalue weighted by Crippen LogP contribution is 2.22. The van der Waals surface area contributed by atoms with Gasteiger partial charge in [0.15, 0.2) is 0 Å². The van der Waals surface area contributed by atoms with Crippen LogP contribution in [0.15, 0.2) is 53.4 Å². The normalized spacial score (nSPS) is 14.7. The summed E-state index contributed by atoms with van der Waals surface area (Å²) in [5.74, 6) is 1.12. The Labute approximate surface area is 184 Å². The maximum absolute atomic E-state index is 12.7. The summed E-state index contributed by atoms with van der Waals surface area (Å²) < 4.78 is 38.0. The van der Waals surface area contributed by atoms with Crippen LogP contribution in [0.4, 0.5) is 0 Å². The average molecular weight is 447 g/mol. The van der Waals surface area contributed by atoms with Crippen molar-refractivity contribution in [2.75, 3.05) is 32.8 Å². The van der Waals surface area contributed by atoms with Gasteiger partial charge in [0.05, 0.1) is 18.0 Å². The Kier molecular flexibility index (Phi) is 8.31. The molecule has 31 heavy (non-hydrogen) atoms. The topological polar surface area (TPSA) is 84.9 Å². The van der Waals surface area contributed by atoms with E-state index in [1.807, 2.05) is 6.92 Å². The third kappa shape index (κ3) is 6.45. The van der Waals surface area contributed by atoms with E-state index in [9.17, 15) is 13.2 Å². The van der Waals surface area contributed by atoms with E-state index < -0.39 is 10.0 Å². The number of nitrogens with one attached hydrogen (secondary N) is 1. The first kappa shape index (κ1) is 23.1. The van der Waals surface area contributed by atoms with Gasteiger partial charge in [0.25, 0.3) is 5.91 Å². The monoisotopic (exact) mass is 446 g/mol. The molecule has 2 aromatic carbocycles. The Hall–Kier alpha value is -2.58. The summed E-state index contributed by atoms with van der Waals surface area (Å²) in [5.41, 5.74) is 0.552. The zero-order valence-electron chi connectivity index (χ0n) is 17.9. The standard InChI is InChI=1S/C23H30N2O5S/c1-2-17-29-20-8-6-19(7-9-20)23(26)24-14-18-30-21-10-12-22(13-11-21)31(27,28)25-15-4-3-5-16-25/h6-13H,2-5,14-18H2,1H3,(H,24,26). The van der Waals surface area contributed by atoms with Crippen LogP contribution >= 0.6 is 0 Å². The lowest BCUT2D eigenvalue weighted by Crippen LogP contribution is -2.35. The summed E-state index contributed by atoms with van der Waals surface area (Å²) >= 11 is 0. The zero-order valence-corrected chi connectivity index (χ0v) is 18.7. The van der Waals surface area contributed by atoms with Gasteiger partial charge in [-0.15, -0.1) is 0 Å². The molecule has 1 saturated heterocycles. The number of rotatable bonds is 10. The molecule has 0 saturated carbocycles. The Balaban J connectivity index is 1.44. The van der Waals surface area contributed by atoms with Gasteiger partial charge in [-0.1, -0.05) is 13.3 Å². The van der Waals surface area contributed by atoms with Gasteiger partial charge in [-0.2, -0.15) is 4.31 Å². The van der Waals surface area contributed by atoms with Crippen molar-refractivity contribution in [3.63, 3.8) is 0 Å². The highest BCUT2D eigenvalue weighted by Gasteiger charge is 2.25. The van der Waals surface area contributed by atoms with E-state index in [-0.39, 0.29) is 17.4 Å². The minimum atomic E-state index is -3.44. The van der Waals surface area contributed by atoms with E-state index in [0.717, 1.165) is 31.4 Å². The van der Waals surface area contributed by atoms with E-state index in [1.165, 1.54) is 0 Å². The highest BCUT2D eigenvalue weighted by atomic mass is 32.2. The smallest absolute Gasteiger partial charge is 0.251 e.